The highest BCUT2D eigenvalue weighted by atomic mass is 32.1. The summed E-state index contributed by atoms with van der Waals surface area (Å²) in [5.41, 5.74) is 2.19. The van der Waals surface area contributed by atoms with Crippen LogP contribution in [0.25, 0.3) is 0 Å². The van der Waals surface area contributed by atoms with Gasteiger partial charge in [0.25, 0.3) is 0 Å². The number of hydrogen-bond acceptors (Lipinski definition) is 4. The summed E-state index contributed by atoms with van der Waals surface area (Å²) < 4.78 is 0. The number of hydrogen-bond donors (Lipinski definition) is 1. The molecule has 1 N–H and O–H groups in total. The van der Waals surface area contributed by atoms with Crippen molar-refractivity contribution in [1.82, 2.24) is 9.88 Å². The fourth-order valence-electron chi connectivity index (χ4n) is 0.855. The second-order valence-electron chi connectivity index (χ2n) is 2.67. The minimum atomic E-state index is -0.894. The van der Waals surface area contributed by atoms with Gasteiger partial charge in [-0.1, -0.05) is 0 Å². The molecular formula is C7H10N2O2S. The highest BCUT2D eigenvalue weighted by molar-refractivity contribution is 7.11. The molecule has 0 fully saturated rings. The maximum absolute atomic E-state index is 10.6. The van der Waals surface area contributed by atoms with Crippen LogP contribution < -0.4 is 0 Å². The molecule has 0 aliphatic heterocycles. The lowest BCUT2D eigenvalue weighted by Crippen LogP contribution is -2.13. The van der Waals surface area contributed by atoms with Crippen molar-refractivity contribution in [3.8, 4) is 0 Å². The van der Waals surface area contributed by atoms with E-state index in [9.17, 15) is 4.79 Å². The first-order valence-corrected chi connectivity index (χ1v) is 4.29. The molecule has 0 amide bonds. The molecule has 0 aromatic carbocycles. The van der Waals surface area contributed by atoms with E-state index in [1.165, 1.54) is 0 Å². The number of aromatic nitrogens is 1. The van der Waals surface area contributed by atoms with Gasteiger partial charge in [0.05, 0.1) is 11.2 Å². The molecule has 0 aliphatic rings. The Morgan fingerprint density at radius 3 is 2.92 bits per heavy atom. The highest BCUT2D eigenvalue weighted by Gasteiger charge is 2.13. The zero-order valence-corrected chi connectivity index (χ0v) is 7.76. The van der Waals surface area contributed by atoms with E-state index in [0.717, 1.165) is 11.3 Å². The summed E-state index contributed by atoms with van der Waals surface area (Å²) in [6.45, 7) is 0.575. The van der Waals surface area contributed by atoms with Crippen molar-refractivity contribution >= 4 is 17.3 Å². The van der Waals surface area contributed by atoms with Gasteiger partial charge in [-0.2, -0.15) is 0 Å². The van der Waals surface area contributed by atoms with E-state index >= 15 is 0 Å². The first-order valence-electron chi connectivity index (χ1n) is 3.41. The molecule has 4 nitrogen and oxygen atoms in total. The lowest BCUT2D eigenvalue weighted by Gasteiger charge is -2.06. The Kier molecular flexibility index (Phi) is 2.78. The van der Waals surface area contributed by atoms with Gasteiger partial charge < -0.3 is 10.0 Å². The summed E-state index contributed by atoms with van der Waals surface area (Å²) in [6, 6.07) is 0. The van der Waals surface area contributed by atoms with Crippen molar-refractivity contribution in [2.45, 2.75) is 6.54 Å². The van der Waals surface area contributed by atoms with Crippen LogP contribution in [0, 0.1) is 0 Å². The van der Waals surface area contributed by atoms with Crippen molar-refractivity contribution < 1.29 is 9.90 Å². The van der Waals surface area contributed by atoms with Gasteiger partial charge in [0.2, 0.25) is 0 Å². The van der Waals surface area contributed by atoms with E-state index in [2.05, 4.69) is 4.98 Å². The topological polar surface area (TPSA) is 53.4 Å². The summed E-state index contributed by atoms with van der Waals surface area (Å²) in [6.07, 6.45) is 0. The van der Waals surface area contributed by atoms with E-state index in [4.69, 9.17) is 5.11 Å². The second-order valence-corrected chi connectivity index (χ2v) is 3.53. The Balaban J connectivity index is 2.84. The summed E-state index contributed by atoms with van der Waals surface area (Å²) in [7, 11) is 3.76. The van der Waals surface area contributed by atoms with Gasteiger partial charge in [-0.3, -0.25) is 0 Å². The molecule has 12 heavy (non-hydrogen) atoms. The van der Waals surface area contributed by atoms with Crippen LogP contribution in [-0.2, 0) is 6.54 Å². The lowest BCUT2D eigenvalue weighted by atomic mass is 10.3. The number of carboxylic acids is 1. The number of aromatic carboxylic acids is 1. The number of carbonyl (C=O) groups is 1. The van der Waals surface area contributed by atoms with Gasteiger partial charge in [0.1, 0.15) is 4.88 Å². The van der Waals surface area contributed by atoms with Gasteiger partial charge in [-0.05, 0) is 14.1 Å². The Labute approximate surface area is 74.5 Å². The molecule has 0 bridgehead atoms. The lowest BCUT2D eigenvalue weighted by molar-refractivity contribution is 0.0700. The minimum Gasteiger partial charge on any atom is -0.477 e. The summed E-state index contributed by atoms with van der Waals surface area (Å²) in [4.78, 5) is 16.8. The average Bonchev–Trinajstić information content (AvgIpc) is 2.33. The minimum absolute atomic E-state index is 0.337. The van der Waals surface area contributed by atoms with E-state index in [0.29, 0.717) is 17.1 Å². The standard InChI is InChI=1S/C7H10N2O2S/c1-9(2)3-5-6(7(10)11)12-4-8-5/h4H,3H2,1-2H3,(H,10,11). The van der Waals surface area contributed by atoms with Gasteiger partial charge >= 0.3 is 5.97 Å². The van der Waals surface area contributed by atoms with Crippen molar-refractivity contribution in [2.75, 3.05) is 14.1 Å². The molecule has 0 saturated heterocycles. The van der Waals surface area contributed by atoms with Crippen molar-refractivity contribution in [3.05, 3.63) is 16.1 Å². The molecule has 0 atom stereocenters. The molecule has 1 aromatic rings. The maximum Gasteiger partial charge on any atom is 0.347 e. The van der Waals surface area contributed by atoms with Gasteiger partial charge in [0, 0.05) is 6.54 Å². The molecule has 0 unspecified atom stereocenters. The van der Waals surface area contributed by atoms with Crippen LogP contribution in [0.4, 0.5) is 0 Å². The summed E-state index contributed by atoms with van der Waals surface area (Å²) in [5, 5.41) is 8.72. The fraction of sp³-hybridized carbons (Fsp3) is 0.429. The smallest absolute Gasteiger partial charge is 0.347 e. The van der Waals surface area contributed by atoms with Crippen molar-refractivity contribution in [1.29, 1.82) is 0 Å². The number of thiazole rings is 1. The predicted molar refractivity (Wildman–Crippen MR) is 46.5 cm³/mol. The molecular weight excluding hydrogens is 176 g/mol. The first kappa shape index (κ1) is 9.15. The first-order chi connectivity index (χ1) is 5.61. The molecule has 1 rings (SSSR count). The largest absolute Gasteiger partial charge is 0.477 e. The van der Waals surface area contributed by atoms with Crippen molar-refractivity contribution in [2.24, 2.45) is 0 Å². The Morgan fingerprint density at radius 2 is 2.42 bits per heavy atom. The Bertz CT molecular complexity index is 283. The Hall–Kier alpha value is -0.940. The molecule has 0 radical (unpaired) electrons. The third-order valence-corrected chi connectivity index (χ3v) is 2.16. The van der Waals surface area contributed by atoms with Crippen LogP contribution in [0.5, 0.6) is 0 Å². The molecule has 0 spiro atoms. The predicted octanol–water partition coefficient (Wildman–Crippen LogP) is 0.903. The van der Waals surface area contributed by atoms with Crippen LogP contribution in [0.15, 0.2) is 5.51 Å². The zero-order chi connectivity index (χ0) is 9.14. The third-order valence-electron chi connectivity index (χ3n) is 1.30. The number of rotatable bonds is 3. The van der Waals surface area contributed by atoms with Gasteiger partial charge in [0.15, 0.2) is 0 Å². The monoisotopic (exact) mass is 186 g/mol. The summed E-state index contributed by atoms with van der Waals surface area (Å²) >= 11 is 1.16. The number of nitrogens with zero attached hydrogens (tertiary/aromatic N) is 2. The molecule has 5 heteroatoms. The molecule has 1 aromatic heterocycles. The SMILES string of the molecule is CN(C)Cc1ncsc1C(=O)O. The third kappa shape index (κ3) is 2.02. The van der Waals surface area contributed by atoms with Crippen LogP contribution in [0.2, 0.25) is 0 Å². The molecule has 1 heterocycles. The Morgan fingerprint density at radius 1 is 1.75 bits per heavy atom. The summed E-state index contributed by atoms with van der Waals surface area (Å²) in [5.74, 6) is -0.894. The fourth-order valence-corrected chi connectivity index (χ4v) is 1.49. The second kappa shape index (κ2) is 3.64. The van der Waals surface area contributed by atoms with E-state index in [1.54, 1.807) is 5.51 Å². The van der Waals surface area contributed by atoms with Crippen LogP contribution in [0.1, 0.15) is 15.4 Å². The van der Waals surface area contributed by atoms with E-state index < -0.39 is 5.97 Å². The quantitative estimate of drug-likeness (QED) is 0.762. The number of carboxylic acid groups (broad SMARTS) is 1. The van der Waals surface area contributed by atoms with Gasteiger partial charge in [-0.15, -0.1) is 11.3 Å². The molecule has 0 saturated carbocycles. The van der Waals surface area contributed by atoms with Crippen LogP contribution >= 0.6 is 11.3 Å². The maximum atomic E-state index is 10.6. The normalized spacial score (nSPS) is 10.6. The van der Waals surface area contributed by atoms with E-state index in [1.807, 2.05) is 19.0 Å². The zero-order valence-electron chi connectivity index (χ0n) is 6.94. The van der Waals surface area contributed by atoms with Crippen LogP contribution in [-0.4, -0.2) is 35.1 Å². The van der Waals surface area contributed by atoms with Crippen molar-refractivity contribution in [3.63, 3.8) is 0 Å². The molecule has 0 aliphatic carbocycles. The molecule has 66 valence electrons. The van der Waals surface area contributed by atoms with Crippen LogP contribution in [0.3, 0.4) is 0 Å². The van der Waals surface area contributed by atoms with Gasteiger partial charge in [-0.25, -0.2) is 9.78 Å². The highest BCUT2D eigenvalue weighted by Crippen LogP contribution is 2.13. The van der Waals surface area contributed by atoms with E-state index in [-0.39, 0.29) is 0 Å². The average molecular weight is 186 g/mol.